The molecule has 0 aliphatic heterocycles. The second-order valence-corrected chi connectivity index (χ2v) is 1.94. The van der Waals surface area contributed by atoms with Crippen molar-refractivity contribution in [3.8, 4) is 6.07 Å². The summed E-state index contributed by atoms with van der Waals surface area (Å²) in [5.41, 5.74) is 5.87. The van der Waals surface area contributed by atoms with Gasteiger partial charge in [-0.3, -0.25) is 0 Å². The van der Waals surface area contributed by atoms with E-state index in [0.29, 0.717) is 0 Å². The third kappa shape index (κ3) is 3.73. The van der Waals surface area contributed by atoms with Crippen LogP contribution in [0.2, 0.25) is 0 Å². The topological polar surface area (TPSA) is 49.8 Å². The fourth-order valence-electron chi connectivity index (χ4n) is 0.618. The van der Waals surface area contributed by atoms with Gasteiger partial charge >= 0.3 is 0 Å². The Morgan fingerprint density at radius 1 is 1.70 bits per heavy atom. The zero-order valence-electron chi connectivity index (χ0n) is 6.17. The van der Waals surface area contributed by atoms with Crippen LogP contribution >= 0.6 is 0 Å². The standard InChI is InChI=1S/C8H12N2/c1-2-4-8(7-10)5-3-6-9/h3,5-6H,2,4,9H2,1H3/b6-3-,8-5+. The minimum Gasteiger partial charge on any atom is -0.405 e. The van der Waals surface area contributed by atoms with Gasteiger partial charge in [-0.2, -0.15) is 5.26 Å². The van der Waals surface area contributed by atoms with Crippen molar-refractivity contribution in [2.24, 2.45) is 5.73 Å². The fourth-order valence-corrected chi connectivity index (χ4v) is 0.618. The normalized spacial score (nSPS) is 11.8. The average Bonchev–Trinajstić information content (AvgIpc) is 1.98. The molecule has 2 nitrogen and oxygen atoms in total. The summed E-state index contributed by atoms with van der Waals surface area (Å²) in [6.45, 7) is 2.04. The van der Waals surface area contributed by atoms with Crippen LogP contribution in [0.3, 0.4) is 0 Å². The summed E-state index contributed by atoms with van der Waals surface area (Å²) in [7, 11) is 0. The van der Waals surface area contributed by atoms with Crippen LogP contribution in [0.25, 0.3) is 0 Å². The molecule has 0 spiro atoms. The predicted molar refractivity (Wildman–Crippen MR) is 41.9 cm³/mol. The molecule has 10 heavy (non-hydrogen) atoms. The highest BCUT2D eigenvalue weighted by molar-refractivity contribution is 5.24. The van der Waals surface area contributed by atoms with E-state index in [-0.39, 0.29) is 0 Å². The maximum Gasteiger partial charge on any atom is 0.0947 e. The molecule has 0 aliphatic carbocycles. The van der Waals surface area contributed by atoms with E-state index < -0.39 is 0 Å². The molecule has 0 bridgehead atoms. The van der Waals surface area contributed by atoms with Gasteiger partial charge in [0.25, 0.3) is 0 Å². The molecule has 2 N–H and O–H groups in total. The number of allylic oxidation sites excluding steroid dienone is 3. The van der Waals surface area contributed by atoms with E-state index in [1.807, 2.05) is 6.92 Å². The first-order chi connectivity index (χ1) is 4.85. The van der Waals surface area contributed by atoms with Crippen molar-refractivity contribution in [2.45, 2.75) is 19.8 Å². The molecule has 54 valence electrons. The van der Waals surface area contributed by atoms with Crippen LogP contribution in [0.15, 0.2) is 23.9 Å². The van der Waals surface area contributed by atoms with Crippen LogP contribution in [0, 0.1) is 11.3 Å². The summed E-state index contributed by atoms with van der Waals surface area (Å²) in [4.78, 5) is 0. The van der Waals surface area contributed by atoms with E-state index in [0.717, 1.165) is 18.4 Å². The Hall–Kier alpha value is -1.23. The Balaban J connectivity index is 3.94. The third-order valence-corrected chi connectivity index (χ3v) is 1.07. The summed E-state index contributed by atoms with van der Waals surface area (Å²) in [6, 6.07) is 2.09. The van der Waals surface area contributed by atoms with Gasteiger partial charge in [-0.15, -0.1) is 0 Å². The maximum absolute atomic E-state index is 8.49. The molecule has 0 radical (unpaired) electrons. The van der Waals surface area contributed by atoms with E-state index >= 15 is 0 Å². The Morgan fingerprint density at radius 2 is 2.40 bits per heavy atom. The van der Waals surface area contributed by atoms with Crippen molar-refractivity contribution >= 4 is 0 Å². The van der Waals surface area contributed by atoms with Gasteiger partial charge in [0.2, 0.25) is 0 Å². The fraction of sp³-hybridized carbons (Fsp3) is 0.375. The molecule has 0 aromatic heterocycles. The molecule has 0 aromatic carbocycles. The zero-order valence-corrected chi connectivity index (χ0v) is 6.17. The first kappa shape index (κ1) is 8.77. The summed E-state index contributed by atoms with van der Waals surface area (Å²) in [5, 5.41) is 8.49. The number of hydrogen-bond acceptors (Lipinski definition) is 2. The lowest BCUT2D eigenvalue weighted by atomic mass is 10.1. The number of rotatable bonds is 3. The van der Waals surface area contributed by atoms with Crippen LogP contribution < -0.4 is 5.73 Å². The number of nitrogens with zero attached hydrogens (tertiary/aromatic N) is 1. The Bertz CT molecular complexity index is 172. The van der Waals surface area contributed by atoms with Crippen molar-refractivity contribution in [3.05, 3.63) is 23.9 Å². The molecule has 0 atom stereocenters. The molecular formula is C8H12N2. The van der Waals surface area contributed by atoms with Crippen LogP contribution in [-0.2, 0) is 0 Å². The van der Waals surface area contributed by atoms with Gasteiger partial charge in [-0.05, 0) is 24.8 Å². The summed E-state index contributed by atoms with van der Waals surface area (Å²) < 4.78 is 0. The lowest BCUT2D eigenvalue weighted by molar-refractivity contribution is 0.929. The highest BCUT2D eigenvalue weighted by Gasteiger charge is 1.88. The summed E-state index contributed by atoms with van der Waals surface area (Å²) in [5.74, 6) is 0. The Morgan fingerprint density at radius 3 is 2.80 bits per heavy atom. The number of nitriles is 1. The average molecular weight is 136 g/mol. The Kier molecular flexibility index (Phi) is 5.17. The molecule has 0 rings (SSSR count). The second kappa shape index (κ2) is 5.90. The highest BCUT2D eigenvalue weighted by Crippen LogP contribution is 2.02. The molecule has 0 heterocycles. The molecular weight excluding hydrogens is 124 g/mol. The number of hydrogen-bond donors (Lipinski definition) is 1. The third-order valence-electron chi connectivity index (χ3n) is 1.07. The quantitative estimate of drug-likeness (QED) is 0.474. The Labute approximate surface area is 61.6 Å². The van der Waals surface area contributed by atoms with Crippen LogP contribution in [0.4, 0.5) is 0 Å². The van der Waals surface area contributed by atoms with E-state index in [2.05, 4.69) is 6.07 Å². The van der Waals surface area contributed by atoms with Crippen molar-refractivity contribution in [3.63, 3.8) is 0 Å². The lowest BCUT2D eigenvalue weighted by Gasteiger charge is -1.89. The molecule has 0 fully saturated rings. The van der Waals surface area contributed by atoms with Gasteiger partial charge < -0.3 is 5.73 Å². The van der Waals surface area contributed by atoms with Crippen LogP contribution in [0.5, 0.6) is 0 Å². The minimum absolute atomic E-state index is 0.782. The van der Waals surface area contributed by atoms with Gasteiger partial charge in [0.05, 0.1) is 6.07 Å². The zero-order chi connectivity index (χ0) is 7.82. The minimum atomic E-state index is 0.782. The van der Waals surface area contributed by atoms with Crippen molar-refractivity contribution in [2.75, 3.05) is 0 Å². The molecule has 0 aliphatic rings. The number of nitrogens with two attached hydrogens (primary N) is 1. The molecule has 0 unspecified atom stereocenters. The molecule has 0 amide bonds. The smallest absolute Gasteiger partial charge is 0.0947 e. The van der Waals surface area contributed by atoms with Crippen molar-refractivity contribution < 1.29 is 0 Å². The van der Waals surface area contributed by atoms with Gasteiger partial charge in [0.1, 0.15) is 0 Å². The predicted octanol–water partition coefficient (Wildman–Crippen LogP) is 1.71. The van der Waals surface area contributed by atoms with Gasteiger partial charge in [0.15, 0.2) is 0 Å². The van der Waals surface area contributed by atoms with Gasteiger partial charge in [0, 0.05) is 5.57 Å². The summed E-state index contributed by atoms with van der Waals surface area (Å²) >= 11 is 0. The molecule has 0 saturated heterocycles. The van der Waals surface area contributed by atoms with Gasteiger partial charge in [-0.1, -0.05) is 13.3 Å². The van der Waals surface area contributed by atoms with E-state index in [4.69, 9.17) is 11.0 Å². The largest absolute Gasteiger partial charge is 0.405 e. The SMILES string of the molecule is CCC/C(C#N)=C\C=C/N. The second-order valence-electron chi connectivity index (χ2n) is 1.94. The molecule has 0 saturated carbocycles. The monoisotopic (exact) mass is 136 g/mol. The maximum atomic E-state index is 8.49. The molecule has 2 heteroatoms. The van der Waals surface area contributed by atoms with E-state index in [1.54, 1.807) is 12.2 Å². The first-order valence-electron chi connectivity index (χ1n) is 3.32. The van der Waals surface area contributed by atoms with Crippen LogP contribution in [-0.4, -0.2) is 0 Å². The van der Waals surface area contributed by atoms with Crippen LogP contribution in [0.1, 0.15) is 19.8 Å². The van der Waals surface area contributed by atoms with E-state index in [9.17, 15) is 0 Å². The van der Waals surface area contributed by atoms with Crippen molar-refractivity contribution in [1.82, 2.24) is 0 Å². The van der Waals surface area contributed by atoms with E-state index in [1.165, 1.54) is 6.20 Å². The van der Waals surface area contributed by atoms with Gasteiger partial charge in [-0.25, -0.2) is 0 Å². The van der Waals surface area contributed by atoms with Crippen molar-refractivity contribution in [1.29, 1.82) is 5.26 Å². The molecule has 0 aromatic rings. The lowest BCUT2D eigenvalue weighted by Crippen LogP contribution is -1.78. The first-order valence-corrected chi connectivity index (χ1v) is 3.32. The summed E-state index contributed by atoms with van der Waals surface area (Å²) in [6.07, 6.45) is 6.67. The highest BCUT2D eigenvalue weighted by atomic mass is 14.5.